The minimum absolute atomic E-state index is 0. The minimum Gasteiger partial charge on any atom is -0.748 e. The van der Waals surface area contributed by atoms with Crippen LogP contribution in [0.1, 0.15) is 85.0 Å². The zero-order valence-electron chi connectivity index (χ0n) is 17.5. The van der Waals surface area contributed by atoms with Crippen LogP contribution in [0.15, 0.2) is 0 Å². The standard InChI is InChI=1S/C18H37NO6S.Na/c1-4-5-6-7-8-9-10-11-12-13-18(2,3)25-17(21)19-14-16(20)15-26(22,23)24;/h16,20H,4-15H2,1-3H3,(H,19,21)(H,22,23,24);/q;+1/p-1. The Balaban J connectivity index is 0. The maximum absolute atomic E-state index is 11.7. The molecule has 0 saturated heterocycles. The van der Waals surface area contributed by atoms with E-state index in [4.69, 9.17) is 4.74 Å². The van der Waals surface area contributed by atoms with Crippen molar-refractivity contribution in [3.05, 3.63) is 0 Å². The topological polar surface area (TPSA) is 116 Å². The molecule has 0 aliphatic rings. The van der Waals surface area contributed by atoms with Crippen molar-refractivity contribution in [3.63, 3.8) is 0 Å². The van der Waals surface area contributed by atoms with Gasteiger partial charge in [0.15, 0.2) is 0 Å². The number of unbranched alkanes of at least 4 members (excludes halogenated alkanes) is 8. The number of amides is 1. The summed E-state index contributed by atoms with van der Waals surface area (Å²) in [5, 5.41) is 11.7. The van der Waals surface area contributed by atoms with E-state index < -0.39 is 33.7 Å². The summed E-state index contributed by atoms with van der Waals surface area (Å²) in [7, 11) is -4.53. The number of nitrogens with one attached hydrogen (secondary N) is 1. The van der Waals surface area contributed by atoms with Gasteiger partial charge in [0, 0.05) is 6.54 Å². The normalized spacial score (nSPS) is 12.9. The average Bonchev–Trinajstić information content (AvgIpc) is 2.49. The fourth-order valence-corrected chi connectivity index (χ4v) is 3.28. The van der Waals surface area contributed by atoms with E-state index >= 15 is 0 Å². The van der Waals surface area contributed by atoms with Gasteiger partial charge in [0.25, 0.3) is 0 Å². The van der Waals surface area contributed by atoms with Crippen LogP contribution in [0.5, 0.6) is 0 Å². The zero-order chi connectivity index (χ0) is 20.1. The molecular formula is C18H36NNaO6S. The van der Waals surface area contributed by atoms with Crippen LogP contribution in [0.4, 0.5) is 4.79 Å². The smallest absolute Gasteiger partial charge is 0.748 e. The summed E-state index contributed by atoms with van der Waals surface area (Å²) in [5.41, 5.74) is -0.638. The Hall–Kier alpha value is 0.140. The Morgan fingerprint density at radius 3 is 2.04 bits per heavy atom. The van der Waals surface area contributed by atoms with Gasteiger partial charge in [-0.05, 0) is 26.7 Å². The first-order valence-corrected chi connectivity index (χ1v) is 11.2. The van der Waals surface area contributed by atoms with Crippen LogP contribution in [0.3, 0.4) is 0 Å². The largest absolute Gasteiger partial charge is 1.00 e. The van der Waals surface area contributed by atoms with Crippen LogP contribution in [-0.2, 0) is 14.9 Å². The molecule has 0 saturated carbocycles. The van der Waals surface area contributed by atoms with Crippen LogP contribution in [0.2, 0.25) is 0 Å². The quantitative estimate of drug-likeness (QED) is 0.225. The molecule has 0 aliphatic carbocycles. The summed E-state index contributed by atoms with van der Waals surface area (Å²) < 4.78 is 36.8. The summed E-state index contributed by atoms with van der Waals surface area (Å²) in [5.74, 6) is -0.935. The monoisotopic (exact) mass is 417 g/mol. The fraction of sp³-hybridized carbons (Fsp3) is 0.944. The first kappa shape index (κ1) is 29.3. The van der Waals surface area contributed by atoms with Crippen molar-refractivity contribution in [2.75, 3.05) is 12.3 Å². The van der Waals surface area contributed by atoms with Crippen molar-refractivity contribution in [2.24, 2.45) is 0 Å². The number of alkyl carbamates (subject to hydrolysis) is 1. The van der Waals surface area contributed by atoms with Crippen molar-refractivity contribution in [3.8, 4) is 0 Å². The molecule has 0 aromatic rings. The van der Waals surface area contributed by atoms with Gasteiger partial charge in [-0.1, -0.05) is 58.3 Å². The van der Waals surface area contributed by atoms with Gasteiger partial charge in [0.1, 0.15) is 5.60 Å². The van der Waals surface area contributed by atoms with E-state index in [1.54, 1.807) is 0 Å². The van der Waals surface area contributed by atoms with E-state index in [1.165, 1.54) is 44.9 Å². The van der Waals surface area contributed by atoms with E-state index in [0.29, 0.717) is 0 Å². The van der Waals surface area contributed by atoms with Gasteiger partial charge >= 0.3 is 35.7 Å². The van der Waals surface area contributed by atoms with E-state index in [9.17, 15) is 22.9 Å². The van der Waals surface area contributed by atoms with E-state index in [2.05, 4.69) is 12.2 Å². The van der Waals surface area contributed by atoms with Crippen molar-refractivity contribution in [1.29, 1.82) is 0 Å². The Morgan fingerprint density at radius 1 is 1.07 bits per heavy atom. The minimum atomic E-state index is -4.53. The molecule has 1 amide bonds. The molecule has 0 fully saturated rings. The first-order chi connectivity index (χ1) is 12.1. The van der Waals surface area contributed by atoms with Crippen LogP contribution >= 0.6 is 0 Å². The van der Waals surface area contributed by atoms with Crippen molar-refractivity contribution in [2.45, 2.75) is 96.7 Å². The number of hydrogen-bond acceptors (Lipinski definition) is 6. The van der Waals surface area contributed by atoms with E-state index in [-0.39, 0.29) is 36.1 Å². The Labute approximate surface area is 187 Å². The Bertz CT molecular complexity index is 484. The summed E-state index contributed by atoms with van der Waals surface area (Å²) in [4.78, 5) is 11.7. The summed E-state index contributed by atoms with van der Waals surface area (Å²) >= 11 is 0. The average molecular weight is 418 g/mol. The van der Waals surface area contributed by atoms with Crippen molar-refractivity contribution >= 4 is 16.2 Å². The first-order valence-electron chi connectivity index (χ1n) is 9.64. The molecule has 0 aromatic heterocycles. The zero-order valence-corrected chi connectivity index (χ0v) is 20.3. The molecule has 0 bridgehead atoms. The fourth-order valence-electron chi connectivity index (χ4n) is 2.70. The molecule has 0 rings (SSSR count). The van der Waals surface area contributed by atoms with Gasteiger partial charge in [-0.2, -0.15) is 0 Å². The van der Waals surface area contributed by atoms with Crippen LogP contribution in [0, 0.1) is 0 Å². The molecule has 0 spiro atoms. The molecule has 0 radical (unpaired) electrons. The molecule has 0 aromatic carbocycles. The summed E-state index contributed by atoms with van der Waals surface area (Å²) in [6.07, 6.45) is 9.54. The third kappa shape index (κ3) is 20.7. The van der Waals surface area contributed by atoms with Crippen LogP contribution in [0.25, 0.3) is 0 Å². The van der Waals surface area contributed by atoms with Crippen molar-refractivity contribution in [1.82, 2.24) is 5.32 Å². The molecule has 7 nitrogen and oxygen atoms in total. The Kier molecular flexibility index (Phi) is 17.4. The van der Waals surface area contributed by atoms with Crippen LogP contribution in [-0.4, -0.2) is 48.2 Å². The molecule has 1 unspecified atom stereocenters. The summed E-state index contributed by atoms with van der Waals surface area (Å²) in [6, 6.07) is 0. The van der Waals surface area contributed by atoms with Gasteiger partial charge in [-0.3, -0.25) is 0 Å². The van der Waals surface area contributed by atoms with Crippen LogP contribution < -0.4 is 34.9 Å². The second kappa shape index (κ2) is 16.0. The predicted octanol–water partition coefficient (Wildman–Crippen LogP) is 0.322. The second-order valence-electron chi connectivity index (χ2n) is 7.49. The molecule has 27 heavy (non-hydrogen) atoms. The predicted molar refractivity (Wildman–Crippen MR) is 101 cm³/mol. The number of aliphatic hydroxyl groups is 1. The number of ether oxygens (including phenoxy) is 1. The molecule has 2 N–H and O–H groups in total. The van der Waals surface area contributed by atoms with E-state index in [1.807, 2.05) is 13.8 Å². The molecule has 9 heteroatoms. The number of rotatable bonds is 15. The van der Waals surface area contributed by atoms with E-state index in [0.717, 1.165) is 19.3 Å². The van der Waals surface area contributed by atoms with Gasteiger partial charge in [-0.25, -0.2) is 13.2 Å². The third-order valence-corrected chi connectivity index (χ3v) is 4.92. The number of hydrogen-bond donors (Lipinski definition) is 2. The second-order valence-corrected chi connectivity index (χ2v) is 8.94. The van der Waals surface area contributed by atoms with Gasteiger partial charge in [-0.15, -0.1) is 0 Å². The molecular weight excluding hydrogens is 381 g/mol. The third-order valence-electron chi connectivity index (χ3n) is 4.13. The molecule has 156 valence electrons. The van der Waals surface area contributed by atoms with Crippen molar-refractivity contribution < 1.29 is 57.2 Å². The SMILES string of the molecule is CCCCCCCCCCCC(C)(C)OC(=O)NCC(O)CS(=O)(=O)[O-].[Na+]. The van der Waals surface area contributed by atoms with Gasteiger partial charge in [0.2, 0.25) is 0 Å². The van der Waals surface area contributed by atoms with Gasteiger partial charge < -0.3 is 19.7 Å². The number of carbonyl (C=O) groups excluding carboxylic acids is 1. The molecule has 1 atom stereocenters. The number of aliphatic hydroxyl groups excluding tert-OH is 1. The summed E-state index contributed by atoms with van der Waals surface area (Å²) in [6.45, 7) is 5.50. The molecule has 0 heterocycles. The maximum Gasteiger partial charge on any atom is 1.00 e. The van der Waals surface area contributed by atoms with Gasteiger partial charge in [0.05, 0.1) is 22.0 Å². The Morgan fingerprint density at radius 2 is 1.56 bits per heavy atom. The maximum atomic E-state index is 11.7. The number of carbonyl (C=O) groups is 1. The molecule has 0 aliphatic heterocycles.